The molecule has 1 heterocycles. The van der Waals surface area contributed by atoms with Gasteiger partial charge < -0.3 is 4.74 Å². The second-order valence-electron chi connectivity index (χ2n) is 20.8. The van der Waals surface area contributed by atoms with Crippen molar-refractivity contribution in [3.8, 4) is 39.1 Å². The van der Waals surface area contributed by atoms with E-state index in [2.05, 4.69) is 242 Å². The fraction of sp³-hybridized carbons (Fsp3) is 0.188. The average Bonchev–Trinajstić information content (AvgIpc) is 3.79. The Morgan fingerprint density at radius 2 is 0.923 bits per heavy atom. The molecule has 8 aromatic carbocycles. The van der Waals surface area contributed by atoms with Crippen molar-refractivity contribution in [1.82, 2.24) is 0 Å². The molecule has 65 heavy (non-hydrogen) atoms. The van der Waals surface area contributed by atoms with Crippen LogP contribution in [0.1, 0.15) is 110 Å². The first-order valence-electron chi connectivity index (χ1n) is 23.4. The second kappa shape index (κ2) is 14.3. The molecule has 1 atom stereocenters. The third-order valence-electron chi connectivity index (χ3n) is 15.2. The van der Waals surface area contributed by atoms with Gasteiger partial charge in [-0.25, -0.2) is 0 Å². The molecule has 0 fully saturated rings. The molecule has 0 bridgehead atoms. The van der Waals surface area contributed by atoms with Crippen LogP contribution in [-0.4, -0.2) is 0 Å². The van der Waals surface area contributed by atoms with Crippen molar-refractivity contribution in [1.29, 1.82) is 0 Å². The van der Waals surface area contributed by atoms with Crippen LogP contribution in [0.4, 0.5) is 0 Å². The first-order valence-corrected chi connectivity index (χ1v) is 23.4. The molecule has 316 valence electrons. The van der Waals surface area contributed by atoms with Crippen LogP contribution in [0, 0.1) is 0 Å². The Morgan fingerprint density at radius 3 is 1.52 bits per heavy atom. The molecule has 0 saturated carbocycles. The van der Waals surface area contributed by atoms with Gasteiger partial charge in [-0.3, -0.25) is 0 Å². The van der Waals surface area contributed by atoms with Gasteiger partial charge in [0.05, 0.1) is 10.8 Å². The molecule has 4 aliphatic rings. The fourth-order valence-electron chi connectivity index (χ4n) is 11.9. The van der Waals surface area contributed by atoms with E-state index in [1.54, 1.807) is 0 Å². The number of benzene rings is 8. The van der Waals surface area contributed by atoms with Gasteiger partial charge in [-0.1, -0.05) is 224 Å². The highest BCUT2D eigenvalue weighted by Gasteiger charge is 2.53. The first kappa shape index (κ1) is 39.6. The highest BCUT2D eigenvalue weighted by atomic mass is 16.5. The summed E-state index contributed by atoms with van der Waals surface area (Å²) in [5.41, 5.74) is 21.5. The Bertz CT molecular complexity index is 3150. The van der Waals surface area contributed by atoms with E-state index >= 15 is 0 Å². The molecule has 0 aromatic heterocycles. The van der Waals surface area contributed by atoms with E-state index in [1.807, 2.05) is 0 Å². The number of hydrogen-bond acceptors (Lipinski definition) is 1. The molecule has 1 unspecified atom stereocenters. The molecule has 0 amide bonds. The van der Waals surface area contributed by atoms with Crippen LogP contribution in [0.25, 0.3) is 33.4 Å². The second-order valence-corrected chi connectivity index (χ2v) is 20.8. The van der Waals surface area contributed by atoms with E-state index in [-0.39, 0.29) is 16.7 Å². The molecule has 12 rings (SSSR count). The van der Waals surface area contributed by atoms with Gasteiger partial charge in [0.15, 0.2) is 0 Å². The predicted molar refractivity (Wildman–Crippen MR) is 269 cm³/mol. The van der Waals surface area contributed by atoms with Crippen molar-refractivity contribution < 1.29 is 4.74 Å². The Hall–Kier alpha value is -6.96. The molecule has 1 nitrogen and oxygen atoms in total. The summed E-state index contributed by atoms with van der Waals surface area (Å²) in [5, 5.41) is 0. The van der Waals surface area contributed by atoms with Crippen LogP contribution in [0.2, 0.25) is 0 Å². The first-order chi connectivity index (χ1) is 31.5. The largest absolute Gasteiger partial charge is 0.457 e. The minimum atomic E-state index is -0.494. The van der Waals surface area contributed by atoms with Crippen LogP contribution in [0.5, 0.6) is 5.75 Å². The van der Waals surface area contributed by atoms with E-state index in [9.17, 15) is 0 Å². The topological polar surface area (TPSA) is 9.23 Å². The van der Waals surface area contributed by atoms with Crippen molar-refractivity contribution in [3.63, 3.8) is 0 Å². The standard InChI is InChI=1S/C64H54O/c1-61(2,3)47-31-34-51-52-35-32-48(62(4,5)6)40-57(52)64(56(51)39-47)53-22-14-13-21-49(53)50-33-29-43(37-55(50)64)41-25-27-42(28-26-41)44-30-36-60-58(38-44)63(45-17-9-7-10-18-45,46-19-11-8-12-20-46)54-23-15-16-24-59(54)65-60/h7-37,39-40,44H,38H2,1-6H3. The number of para-hydroxylation sites is 1. The third kappa shape index (κ3) is 5.77. The Morgan fingerprint density at radius 1 is 0.431 bits per heavy atom. The van der Waals surface area contributed by atoms with Crippen molar-refractivity contribution in [2.24, 2.45) is 0 Å². The lowest BCUT2D eigenvalue weighted by atomic mass is 9.60. The summed E-state index contributed by atoms with van der Waals surface area (Å²) in [7, 11) is 0. The zero-order valence-electron chi connectivity index (χ0n) is 38.2. The number of allylic oxidation sites excluding steroid dienone is 3. The van der Waals surface area contributed by atoms with Gasteiger partial charge in [0.1, 0.15) is 11.5 Å². The van der Waals surface area contributed by atoms with E-state index in [0.717, 1.165) is 17.9 Å². The smallest absolute Gasteiger partial charge is 0.132 e. The van der Waals surface area contributed by atoms with Gasteiger partial charge >= 0.3 is 0 Å². The number of hydrogen-bond donors (Lipinski definition) is 0. The van der Waals surface area contributed by atoms with Crippen molar-refractivity contribution in [3.05, 3.63) is 267 Å². The maximum atomic E-state index is 6.78. The molecule has 3 aliphatic carbocycles. The van der Waals surface area contributed by atoms with Gasteiger partial charge in [-0.15, -0.1) is 0 Å². The molecular formula is C64H54O. The van der Waals surface area contributed by atoms with Gasteiger partial charge in [0.25, 0.3) is 0 Å². The molecule has 1 heteroatoms. The average molecular weight is 839 g/mol. The molecule has 1 spiro atoms. The Balaban J connectivity index is 0.970. The maximum Gasteiger partial charge on any atom is 0.132 e. The maximum absolute atomic E-state index is 6.78. The fourth-order valence-corrected chi connectivity index (χ4v) is 11.9. The van der Waals surface area contributed by atoms with Crippen molar-refractivity contribution >= 4 is 0 Å². The summed E-state index contributed by atoms with van der Waals surface area (Å²) >= 11 is 0. The van der Waals surface area contributed by atoms with Crippen LogP contribution in [-0.2, 0) is 21.7 Å². The Labute approximate surface area is 384 Å². The third-order valence-corrected chi connectivity index (χ3v) is 15.2. The van der Waals surface area contributed by atoms with E-state index in [0.29, 0.717) is 0 Å². The summed E-state index contributed by atoms with van der Waals surface area (Å²) in [6.45, 7) is 14.0. The number of fused-ring (bicyclic) bond motifs is 11. The lowest BCUT2D eigenvalue weighted by Gasteiger charge is -2.44. The molecule has 0 radical (unpaired) electrons. The van der Waals surface area contributed by atoms with E-state index in [1.165, 1.54) is 94.6 Å². The van der Waals surface area contributed by atoms with Crippen LogP contribution in [0.15, 0.2) is 212 Å². The lowest BCUT2D eigenvalue weighted by molar-refractivity contribution is 0.383. The molecule has 0 saturated heterocycles. The van der Waals surface area contributed by atoms with Crippen LogP contribution >= 0.6 is 0 Å². The highest BCUT2D eigenvalue weighted by Crippen LogP contribution is 2.64. The van der Waals surface area contributed by atoms with E-state index in [4.69, 9.17) is 4.74 Å². The summed E-state index contributed by atoms with van der Waals surface area (Å²) < 4.78 is 6.78. The normalized spacial score (nSPS) is 17.1. The summed E-state index contributed by atoms with van der Waals surface area (Å²) in [5.74, 6) is 2.05. The SMILES string of the molecule is CC(C)(C)c1ccc2c(c1)C1(c3ccccc3-c3ccc(-c4ccc(C5C=CC6=C(C5)C(c5ccccc5)(c5ccccc5)c5ccccc5O6)cc4)cc31)c1cc(C(C)(C)C)ccc1-2. The summed E-state index contributed by atoms with van der Waals surface area (Å²) in [4.78, 5) is 0. The minimum absolute atomic E-state index is 0.0107. The number of ether oxygens (including phenoxy) is 1. The zero-order valence-corrected chi connectivity index (χ0v) is 38.2. The van der Waals surface area contributed by atoms with Crippen molar-refractivity contribution in [2.75, 3.05) is 0 Å². The quantitative estimate of drug-likeness (QED) is 0.172. The Kier molecular flexibility index (Phi) is 8.70. The lowest BCUT2D eigenvalue weighted by Crippen LogP contribution is -2.37. The highest BCUT2D eigenvalue weighted by molar-refractivity contribution is 5.96. The van der Waals surface area contributed by atoms with Crippen molar-refractivity contribution in [2.45, 2.75) is 75.5 Å². The van der Waals surface area contributed by atoms with Gasteiger partial charge in [0.2, 0.25) is 0 Å². The van der Waals surface area contributed by atoms with Crippen LogP contribution in [0.3, 0.4) is 0 Å². The zero-order chi connectivity index (χ0) is 44.3. The molecule has 8 aromatic rings. The van der Waals surface area contributed by atoms with Gasteiger partial charge in [-0.05, 0) is 124 Å². The molecule has 1 aliphatic heterocycles. The van der Waals surface area contributed by atoms with Gasteiger partial charge in [-0.2, -0.15) is 0 Å². The predicted octanol–water partition coefficient (Wildman–Crippen LogP) is 16.0. The molecule has 0 N–H and O–H groups in total. The number of rotatable bonds is 4. The molecular weight excluding hydrogens is 785 g/mol. The monoisotopic (exact) mass is 838 g/mol. The van der Waals surface area contributed by atoms with Crippen LogP contribution < -0.4 is 4.74 Å². The minimum Gasteiger partial charge on any atom is -0.457 e. The van der Waals surface area contributed by atoms with E-state index < -0.39 is 10.8 Å². The van der Waals surface area contributed by atoms with Gasteiger partial charge in [0, 0.05) is 11.5 Å². The summed E-state index contributed by atoms with van der Waals surface area (Å²) in [6.07, 6.45) is 5.43. The summed E-state index contributed by atoms with van der Waals surface area (Å²) in [6, 6.07) is 71.2.